The maximum Gasteiger partial charge on any atom is 0.184 e. The quantitative estimate of drug-likeness (QED) is 0.692. The normalized spacial score (nSPS) is 29.6. The molecule has 0 radical (unpaired) electrons. The highest BCUT2D eigenvalue weighted by atomic mass is 32.1. The van der Waals surface area contributed by atoms with Crippen LogP contribution in [0.3, 0.4) is 0 Å². The van der Waals surface area contributed by atoms with Gasteiger partial charge in [0.1, 0.15) is 5.00 Å². The largest absolute Gasteiger partial charge is 0.392 e. The smallest absolute Gasteiger partial charge is 0.184 e. The second kappa shape index (κ2) is 3.10. The van der Waals surface area contributed by atoms with Crippen molar-refractivity contribution < 1.29 is 5.11 Å². The minimum Gasteiger partial charge on any atom is -0.392 e. The lowest BCUT2D eigenvalue weighted by Crippen LogP contribution is -2.56. The Morgan fingerprint density at radius 3 is 2.86 bits per heavy atom. The highest BCUT2D eigenvalue weighted by Crippen LogP contribution is 2.42. The molecule has 5 heteroatoms. The predicted molar refractivity (Wildman–Crippen MR) is 58.3 cm³/mol. The standard InChI is InChI=1S/C9H15N3OS/c1-9(2)5(3-6(9)13)12-8-11-4-7(10)14-8/h4-6,13H,3,10H2,1-2H3,(H,11,12). The molecule has 2 unspecified atom stereocenters. The van der Waals surface area contributed by atoms with E-state index in [4.69, 9.17) is 5.73 Å². The Hall–Kier alpha value is -0.810. The molecule has 4 N–H and O–H groups in total. The number of nitrogens with one attached hydrogen (secondary N) is 1. The van der Waals surface area contributed by atoms with Crippen molar-refractivity contribution in [3.63, 3.8) is 0 Å². The SMILES string of the molecule is CC1(C)C(O)CC1Nc1ncc(N)s1. The van der Waals surface area contributed by atoms with E-state index in [1.165, 1.54) is 11.3 Å². The van der Waals surface area contributed by atoms with Gasteiger partial charge < -0.3 is 16.2 Å². The van der Waals surface area contributed by atoms with Crippen molar-refractivity contribution in [2.45, 2.75) is 32.4 Å². The monoisotopic (exact) mass is 213 g/mol. The molecule has 1 heterocycles. The molecule has 1 aliphatic rings. The minimum atomic E-state index is -0.211. The molecule has 14 heavy (non-hydrogen) atoms. The van der Waals surface area contributed by atoms with E-state index in [0.717, 1.165) is 11.6 Å². The average Bonchev–Trinajstić information content (AvgIpc) is 2.51. The maximum atomic E-state index is 9.55. The van der Waals surface area contributed by atoms with Gasteiger partial charge in [-0.05, 0) is 6.42 Å². The van der Waals surface area contributed by atoms with Crippen molar-refractivity contribution in [2.24, 2.45) is 5.41 Å². The molecular weight excluding hydrogens is 198 g/mol. The lowest BCUT2D eigenvalue weighted by molar-refractivity contribution is -0.0510. The fourth-order valence-corrected chi connectivity index (χ4v) is 2.29. The molecule has 4 nitrogen and oxygen atoms in total. The van der Waals surface area contributed by atoms with E-state index in [0.29, 0.717) is 11.0 Å². The van der Waals surface area contributed by atoms with Crippen LogP contribution in [0.4, 0.5) is 10.1 Å². The number of hydrogen-bond acceptors (Lipinski definition) is 5. The number of thiazole rings is 1. The van der Waals surface area contributed by atoms with E-state index >= 15 is 0 Å². The van der Waals surface area contributed by atoms with Gasteiger partial charge in [0.15, 0.2) is 5.13 Å². The first-order chi connectivity index (χ1) is 6.50. The molecule has 2 rings (SSSR count). The zero-order valence-corrected chi connectivity index (χ0v) is 9.14. The molecule has 0 saturated heterocycles. The van der Waals surface area contributed by atoms with Crippen LogP contribution in [-0.2, 0) is 0 Å². The zero-order valence-electron chi connectivity index (χ0n) is 8.32. The molecule has 1 aliphatic carbocycles. The van der Waals surface area contributed by atoms with Crippen molar-refractivity contribution in [1.29, 1.82) is 0 Å². The Morgan fingerprint density at radius 1 is 1.71 bits per heavy atom. The topological polar surface area (TPSA) is 71.2 Å². The molecule has 0 bridgehead atoms. The molecule has 1 fully saturated rings. The number of nitrogens with two attached hydrogens (primary N) is 1. The van der Waals surface area contributed by atoms with Crippen LogP contribution in [0.1, 0.15) is 20.3 Å². The van der Waals surface area contributed by atoms with Crippen LogP contribution in [0, 0.1) is 5.41 Å². The van der Waals surface area contributed by atoms with Gasteiger partial charge >= 0.3 is 0 Å². The fourth-order valence-electron chi connectivity index (χ4n) is 1.65. The third kappa shape index (κ3) is 1.46. The van der Waals surface area contributed by atoms with Crippen LogP contribution in [0.15, 0.2) is 6.20 Å². The Kier molecular flexibility index (Phi) is 2.16. The first-order valence-corrected chi connectivity index (χ1v) is 5.47. The summed E-state index contributed by atoms with van der Waals surface area (Å²) in [7, 11) is 0. The number of nitrogens with zero attached hydrogens (tertiary/aromatic N) is 1. The summed E-state index contributed by atoms with van der Waals surface area (Å²) in [4.78, 5) is 4.13. The summed E-state index contributed by atoms with van der Waals surface area (Å²) in [5.74, 6) is 0. The summed E-state index contributed by atoms with van der Waals surface area (Å²) in [6, 6.07) is 0.294. The van der Waals surface area contributed by atoms with Gasteiger partial charge in [-0.25, -0.2) is 4.98 Å². The maximum absolute atomic E-state index is 9.55. The molecule has 1 aromatic rings. The molecule has 0 amide bonds. The van der Waals surface area contributed by atoms with Gasteiger partial charge in [-0.3, -0.25) is 0 Å². The molecule has 1 saturated carbocycles. The lowest BCUT2D eigenvalue weighted by atomic mass is 9.65. The van der Waals surface area contributed by atoms with Gasteiger partial charge in [-0.15, -0.1) is 0 Å². The van der Waals surface area contributed by atoms with Crippen LogP contribution < -0.4 is 11.1 Å². The predicted octanol–water partition coefficient (Wildman–Crippen LogP) is 1.30. The molecule has 2 atom stereocenters. The number of aliphatic hydroxyl groups excluding tert-OH is 1. The fraction of sp³-hybridized carbons (Fsp3) is 0.667. The van der Waals surface area contributed by atoms with E-state index in [1.54, 1.807) is 6.20 Å². The summed E-state index contributed by atoms with van der Waals surface area (Å²) in [5.41, 5.74) is 5.51. The highest BCUT2D eigenvalue weighted by Gasteiger charge is 2.47. The zero-order chi connectivity index (χ0) is 10.3. The summed E-state index contributed by atoms with van der Waals surface area (Å²) in [5, 5.41) is 14.4. The van der Waals surface area contributed by atoms with Crippen molar-refractivity contribution in [3.05, 3.63) is 6.20 Å². The molecular formula is C9H15N3OS. The van der Waals surface area contributed by atoms with E-state index in [-0.39, 0.29) is 11.5 Å². The average molecular weight is 213 g/mol. The second-order valence-electron chi connectivity index (χ2n) is 4.34. The van der Waals surface area contributed by atoms with E-state index in [1.807, 2.05) is 0 Å². The van der Waals surface area contributed by atoms with Crippen LogP contribution in [0.25, 0.3) is 0 Å². The Morgan fingerprint density at radius 2 is 2.43 bits per heavy atom. The summed E-state index contributed by atoms with van der Waals surface area (Å²) >= 11 is 1.44. The number of aliphatic hydroxyl groups is 1. The van der Waals surface area contributed by atoms with Crippen LogP contribution in [-0.4, -0.2) is 22.2 Å². The van der Waals surface area contributed by atoms with Gasteiger partial charge in [0.25, 0.3) is 0 Å². The lowest BCUT2D eigenvalue weighted by Gasteiger charge is -2.49. The highest BCUT2D eigenvalue weighted by molar-refractivity contribution is 7.19. The van der Waals surface area contributed by atoms with Gasteiger partial charge in [0.2, 0.25) is 0 Å². The van der Waals surface area contributed by atoms with Crippen LogP contribution in [0.2, 0.25) is 0 Å². The molecule has 0 spiro atoms. The van der Waals surface area contributed by atoms with Crippen LogP contribution >= 0.6 is 11.3 Å². The summed E-state index contributed by atoms with van der Waals surface area (Å²) < 4.78 is 0. The molecule has 0 aliphatic heterocycles. The summed E-state index contributed by atoms with van der Waals surface area (Å²) in [6.45, 7) is 4.10. The van der Waals surface area contributed by atoms with E-state index in [2.05, 4.69) is 24.1 Å². The number of nitrogen functional groups attached to an aromatic ring is 1. The molecule has 78 valence electrons. The Bertz CT molecular complexity index is 337. The van der Waals surface area contributed by atoms with E-state index in [9.17, 15) is 5.11 Å². The van der Waals surface area contributed by atoms with Crippen molar-refractivity contribution in [2.75, 3.05) is 11.1 Å². The van der Waals surface area contributed by atoms with Crippen LogP contribution in [0.5, 0.6) is 0 Å². The van der Waals surface area contributed by atoms with Gasteiger partial charge in [0, 0.05) is 11.5 Å². The molecule has 0 aromatic carbocycles. The Labute approximate surface area is 87.2 Å². The van der Waals surface area contributed by atoms with Crippen molar-refractivity contribution in [3.8, 4) is 0 Å². The van der Waals surface area contributed by atoms with Crippen molar-refractivity contribution in [1.82, 2.24) is 4.98 Å². The van der Waals surface area contributed by atoms with E-state index < -0.39 is 0 Å². The number of anilines is 2. The summed E-state index contributed by atoms with van der Waals surface area (Å²) in [6.07, 6.45) is 2.22. The third-order valence-electron chi connectivity index (χ3n) is 3.04. The second-order valence-corrected chi connectivity index (χ2v) is 5.40. The number of hydrogen-bond donors (Lipinski definition) is 3. The first kappa shape index (κ1) is 9.73. The van der Waals surface area contributed by atoms with Gasteiger partial charge in [-0.1, -0.05) is 25.2 Å². The first-order valence-electron chi connectivity index (χ1n) is 4.66. The van der Waals surface area contributed by atoms with Gasteiger partial charge in [-0.2, -0.15) is 0 Å². The minimum absolute atomic E-state index is 0.0690. The third-order valence-corrected chi connectivity index (χ3v) is 3.79. The molecule has 1 aromatic heterocycles. The Balaban J connectivity index is 2.00. The number of rotatable bonds is 2. The van der Waals surface area contributed by atoms with Crippen molar-refractivity contribution >= 4 is 21.5 Å². The number of aromatic nitrogens is 1. The van der Waals surface area contributed by atoms with Gasteiger partial charge in [0.05, 0.1) is 12.3 Å².